The third-order valence-corrected chi connectivity index (χ3v) is 4.81. The number of amides is 1. The van der Waals surface area contributed by atoms with Crippen LogP contribution in [0.2, 0.25) is 5.02 Å². The maximum atomic E-state index is 12.0. The number of nitrogens with one attached hydrogen (secondary N) is 1. The van der Waals surface area contributed by atoms with Crippen molar-refractivity contribution in [3.63, 3.8) is 0 Å². The number of carbonyl (C=O) groups excluding carboxylic acids is 1. The van der Waals surface area contributed by atoms with Crippen molar-refractivity contribution < 1.29 is 18.3 Å². The van der Waals surface area contributed by atoms with Crippen LogP contribution in [0.4, 0.5) is 0 Å². The van der Waals surface area contributed by atoms with Gasteiger partial charge in [-0.3, -0.25) is 4.79 Å². The zero-order valence-electron chi connectivity index (χ0n) is 11.7. The molecule has 21 heavy (non-hydrogen) atoms. The molecule has 0 unspecified atom stereocenters. The Labute approximate surface area is 129 Å². The highest BCUT2D eigenvalue weighted by atomic mass is 35.5. The standard InChI is InChI=1S/C14H18ClNO4S/c1-3-14(2,18)10-13(17)16-8-9-21(19,20)12-6-4-11(15)5-7-12/h3-7,18H,1,8-10H2,2H3,(H,16,17)/t14-/m0/s1. The van der Waals surface area contributed by atoms with Crippen LogP contribution >= 0.6 is 11.6 Å². The fraction of sp³-hybridized carbons (Fsp3) is 0.357. The minimum absolute atomic E-state index is 0.0307. The van der Waals surface area contributed by atoms with E-state index >= 15 is 0 Å². The monoisotopic (exact) mass is 331 g/mol. The van der Waals surface area contributed by atoms with E-state index in [-0.39, 0.29) is 23.6 Å². The fourth-order valence-corrected chi connectivity index (χ4v) is 2.83. The third kappa shape index (κ3) is 5.87. The molecule has 1 aromatic carbocycles. The van der Waals surface area contributed by atoms with Crippen molar-refractivity contribution in [2.24, 2.45) is 0 Å². The van der Waals surface area contributed by atoms with Gasteiger partial charge in [0, 0.05) is 11.6 Å². The lowest BCUT2D eigenvalue weighted by Crippen LogP contribution is -2.35. The van der Waals surface area contributed by atoms with E-state index in [1.54, 1.807) is 0 Å². The zero-order valence-corrected chi connectivity index (χ0v) is 13.2. The van der Waals surface area contributed by atoms with Gasteiger partial charge < -0.3 is 10.4 Å². The number of rotatable bonds is 7. The molecule has 0 aliphatic carbocycles. The number of hydrogen-bond acceptors (Lipinski definition) is 4. The van der Waals surface area contributed by atoms with E-state index in [0.29, 0.717) is 5.02 Å². The Bertz CT molecular complexity index is 608. The van der Waals surface area contributed by atoms with Crippen LogP contribution in [0.3, 0.4) is 0 Å². The van der Waals surface area contributed by atoms with Gasteiger partial charge in [0.05, 0.1) is 22.7 Å². The summed E-state index contributed by atoms with van der Waals surface area (Å²) >= 11 is 5.70. The summed E-state index contributed by atoms with van der Waals surface area (Å²) in [5, 5.41) is 12.6. The second-order valence-corrected chi connectivity index (χ2v) is 7.41. The SMILES string of the molecule is C=C[C@](C)(O)CC(=O)NCCS(=O)(=O)c1ccc(Cl)cc1. The molecule has 0 aliphatic rings. The molecule has 7 heteroatoms. The van der Waals surface area contributed by atoms with Crippen LogP contribution in [-0.2, 0) is 14.6 Å². The van der Waals surface area contributed by atoms with Crippen LogP contribution in [0.5, 0.6) is 0 Å². The minimum atomic E-state index is -3.48. The van der Waals surface area contributed by atoms with Gasteiger partial charge in [-0.1, -0.05) is 17.7 Å². The molecular weight excluding hydrogens is 314 g/mol. The lowest BCUT2D eigenvalue weighted by molar-refractivity contribution is -0.124. The molecule has 116 valence electrons. The number of sulfone groups is 1. The van der Waals surface area contributed by atoms with Crippen LogP contribution in [-0.4, -0.2) is 37.3 Å². The summed E-state index contributed by atoms with van der Waals surface area (Å²) in [6.45, 7) is 4.83. The first-order valence-electron chi connectivity index (χ1n) is 6.27. The van der Waals surface area contributed by atoms with Crippen LogP contribution in [0.25, 0.3) is 0 Å². The van der Waals surface area contributed by atoms with Crippen molar-refractivity contribution in [1.82, 2.24) is 5.32 Å². The van der Waals surface area contributed by atoms with Crippen molar-refractivity contribution >= 4 is 27.3 Å². The number of hydrogen-bond donors (Lipinski definition) is 2. The van der Waals surface area contributed by atoms with Crippen molar-refractivity contribution in [2.75, 3.05) is 12.3 Å². The summed E-state index contributed by atoms with van der Waals surface area (Å²) in [7, 11) is -3.48. The predicted octanol–water partition coefficient (Wildman–Crippen LogP) is 1.56. The van der Waals surface area contributed by atoms with Crippen molar-refractivity contribution in [2.45, 2.75) is 23.8 Å². The lowest BCUT2D eigenvalue weighted by atomic mass is 10.0. The van der Waals surface area contributed by atoms with Crippen LogP contribution in [0, 0.1) is 0 Å². The van der Waals surface area contributed by atoms with Crippen molar-refractivity contribution in [1.29, 1.82) is 0 Å². The first-order valence-corrected chi connectivity index (χ1v) is 8.30. The maximum Gasteiger partial charge on any atom is 0.223 e. The second-order valence-electron chi connectivity index (χ2n) is 4.86. The molecule has 0 spiro atoms. The van der Waals surface area contributed by atoms with E-state index < -0.39 is 21.3 Å². The highest BCUT2D eigenvalue weighted by molar-refractivity contribution is 7.91. The van der Waals surface area contributed by atoms with Crippen molar-refractivity contribution in [3.8, 4) is 0 Å². The Kier molecular flexibility index (Phi) is 5.95. The van der Waals surface area contributed by atoms with Crippen molar-refractivity contribution in [3.05, 3.63) is 41.9 Å². The van der Waals surface area contributed by atoms with Gasteiger partial charge in [0.1, 0.15) is 0 Å². The van der Waals surface area contributed by atoms with Gasteiger partial charge >= 0.3 is 0 Å². The van der Waals surface area contributed by atoms with Gasteiger partial charge in [-0.15, -0.1) is 6.58 Å². The molecule has 0 fully saturated rings. The van der Waals surface area contributed by atoms with Crippen LogP contribution in [0.15, 0.2) is 41.8 Å². The molecule has 1 aromatic rings. The molecule has 1 rings (SSSR count). The number of benzene rings is 1. The van der Waals surface area contributed by atoms with Crippen LogP contribution in [0.1, 0.15) is 13.3 Å². The molecule has 0 saturated carbocycles. The normalized spacial score (nSPS) is 14.2. The molecule has 1 atom stereocenters. The molecule has 1 amide bonds. The number of halogens is 1. The quantitative estimate of drug-likeness (QED) is 0.743. The Hall–Kier alpha value is -1.37. The van der Waals surface area contributed by atoms with E-state index in [9.17, 15) is 18.3 Å². The summed E-state index contributed by atoms with van der Waals surface area (Å²) in [5.74, 6) is -0.664. The fourth-order valence-electron chi connectivity index (χ4n) is 1.54. The molecular formula is C14H18ClNO4S. The van der Waals surface area contributed by atoms with E-state index in [1.807, 2.05) is 0 Å². The highest BCUT2D eigenvalue weighted by Crippen LogP contribution is 2.15. The van der Waals surface area contributed by atoms with Crippen LogP contribution < -0.4 is 5.32 Å². The number of carbonyl (C=O) groups is 1. The Balaban J connectivity index is 2.53. The zero-order chi connectivity index (χ0) is 16.1. The molecule has 0 saturated heterocycles. The molecule has 5 nitrogen and oxygen atoms in total. The summed E-state index contributed by atoms with van der Waals surface area (Å²) < 4.78 is 24.0. The van der Waals surface area contributed by atoms with E-state index in [1.165, 1.54) is 37.3 Å². The lowest BCUT2D eigenvalue weighted by Gasteiger charge is -2.17. The van der Waals surface area contributed by atoms with Gasteiger partial charge in [0.15, 0.2) is 9.84 Å². The summed E-state index contributed by atoms with van der Waals surface area (Å²) in [6.07, 6.45) is 1.09. The summed E-state index contributed by atoms with van der Waals surface area (Å²) in [6, 6.07) is 5.83. The number of aliphatic hydroxyl groups is 1. The molecule has 0 heterocycles. The molecule has 0 aromatic heterocycles. The van der Waals surface area contributed by atoms with Gasteiger partial charge in [0.25, 0.3) is 0 Å². The average molecular weight is 332 g/mol. The first kappa shape index (κ1) is 17.7. The van der Waals surface area contributed by atoms with E-state index in [0.717, 1.165) is 0 Å². The molecule has 0 radical (unpaired) electrons. The van der Waals surface area contributed by atoms with Gasteiger partial charge in [-0.2, -0.15) is 0 Å². The smallest absolute Gasteiger partial charge is 0.223 e. The summed E-state index contributed by atoms with van der Waals surface area (Å²) in [4.78, 5) is 11.7. The third-order valence-electron chi connectivity index (χ3n) is 2.82. The molecule has 2 N–H and O–H groups in total. The second kappa shape index (κ2) is 7.06. The Morgan fingerprint density at radius 2 is 2.00 bits per heavy atom. The summed E-state index contributed by atoms with van der Waals surface area (Å²) in [5.41, 5.74) is -1.31. The topological polar surface area (TPSA) is 83.5 Å². The van der Waals surface area contributed by atoms with E-state index in [4.69, 9.17) is 11.6 Å². The van der Waals surface area contributed by atoms with Gasteiger partial charge in [-0.25, -0.2) is 8.42 Å². The Morgan fingerprint density at radius 1 is 1.43 bits per heavy atom. The maximum absolute atomic E-state index is 12.0. The molecule has 0 aliphatic heterocycles. The largest absolute Gasteiger partial charge is 0.386 e. The minimum Gasteiger partial charge on any atom is -0.386 e. The van der Waals surface area contributed by atoms with E-state index in [2.05, 4.69) is 11.9 Å². The predicted molar refractivity (Wildman–Crippen MR) is 82.0 cm³/mol. The van der Waals surface area contributed by atoms with Gasteiger partial charge in [-0.05, 0) is 31.2 Å². The average Bonchev–Trinajstić information content (AvgIpc) is 2.38. The molecule has 0 bridgehead atoms. The van der Waals surface area contributed by atoms with Gasteiger partial charge in [0.2, 0.25) is 5.91 Å². The Morgan fingerprint density at radius 3 is 2.52 bits per heavy atom. The highest BCUT2D eigenvalue weighted by Gasteiger charge is 2.21. The first-order chi connectivity index (χ1) is 9.66.